The van der Waals surface area contributed by atoms with Gasteiger partial charge in [-0.1, -0.05) is 60.1 Å². The monoisotopic (exact) mass is 395 g/mol. The summed E-state index contributed by atoms with van der Waals surface area (Å²) < 4.78 is 10.6. The van der Waals surface area contributed by atoms with E-state index in [0.29, 0.717) is 28.6 Å². The summed E-state index contributed by atoms with van der Waals surface area (Å²) in [6.45, 7) is 0.540. The highest BCUT2D eigenvalue weighted by Gasteiger charge is 2.21. The maximum atomic E-state index is 13.4. The summed E-state index contributed by atoms with van der Waals surface area (Å²) in [5.41, 5.74) is 2.44. The van der Waals surface area contributed by atoms with Crippen LogP contribution in [-0.4, -0.2) is 26.7 Å². The first kappa shape index (κ1) is 19.8. The van der Waals surface area contributed by atoms with E-state index in [0.717, 1.165) is 12.1 Å². The average molecular weight is 396 g/mol. The number of methoxy groups -OCH3 is 2. The van der Waals surface area contributed by atoms with Gasteiger partial charge in [-0.2, -0.15) is 0 Å². The normalized spacial score (nSPS) is 10.4. The van der Waals surface area contributed by atoms with Gasteiger partial charge in [-0.3, -0.25) is 4.79 Å². The van der Waals surface area contributed by atoms with Crippen LogP contribution >= 0.6 is 11.6 Å². The van der Waals surface area contributed by atoms with E-state index in [9.17, 15) is 4.79 Å². The second-order valence-electron chi connectivity index (χ2n) is 6.22. The highest BCUT2D eigenvalue weighted by molar-refractivity contribution is 6.32. The number of para-hydroxylation sites is 1. The summed E-state index contributed by atoms with van der Waals surface area (Å²) >= 11 is 6.31. The van der Waals surface area contributed by atoms with E-state index in [1.807, 2.05) is 48.5 Å². The quantitative estimate of drug-likeness (QED) is 0.548. The van der Waals surface area contributed by atoms with Gasteiger partial charge < -0.3 is 14.4 Å². The first-order valence-corrected chi connectivity index (χ1v) is 9.34. The van der Waals surface area contributed by atoms with Crippen LogP contribution in [0.15, 0.2) is 72.8 Å². The molecular formula is C23H22ClNO3. The highest BCUT2D eigenvalue weighted by Crippen LogP contribution is 2.36. The molecule has 0 bridgehead atoms. The zero-order valence-corrected chi connectivity index (χ0v) is 16.6. The van der Waals surface area contributed by atoms with E-state index >= 15 is 0 Å². The Morgan fingerprint density at radius 3 is 2.18 bits per heavy atom. The standard InChI is InChI=1S/C23H22ClNO3/c1-27-21-16-18(15-20(24)22(21)28-2)23(26)25(19-11-7-4-8-12-19)14-13-17-9-5-3-6-10-17/h3-12,15-16H,13-14H2,1-2H3. The predicted octanol–water partition coefficient (Wildman–Crippen LogP) is 5.25. The summed E-state index contributed by atoms with van der Waals surface area (Å²) in [6, 6.07) is 23.0. The Morgan fingerprint density at radius 1 is 0.929 bits per heavy atom. The maximum Gasteiger partial charge on any atom is 0.258 e. The van der Waals surface area contributed by atoms with Gasteiger partial charge in [0.05, 0.1) is 19.2 Å². The lowest BCUT2D eigenvalue weighted by molar-refractivity contribution is 0.0987. The van der Waals surface area contributed by atoms with Crippen molar-refractivity contribution in [3.05, 3.63) is 88.9 Å². The Balaban J connectivity index is 1.93. The predicted molar refractivity (Wildman–Crippen MR) is 113 cm³/mol. The van der Waals surface area contributed by atoms with Gasteiger partial charge in [0.15, 0.2) is 11.5 Å². The Labute approximate surface area is 170 Å². The zero-order valence-electron chi connectivity index (χ0n) is 15.9. The number of anilines is 1. The van der Waals surface area contributed by atoms with E-state index in [-0.39, 0.29) is 5.91 Å². The van der Waals surface area contributed by atoms with Crippen LogP contribution < -0.4 is 14.4 Å². The summed E-state index contributed by atoms with van der Waals surface area (Å²) in [4.78, 5) is 15.1. The Kier molecular flexibility index (Phi) is 6.56. The third kappa shape index (κ3) is 4.46. The third-order valence-corrected chi connectivity index (χ3v) is 4.74. The van der Waals surface area contributed by atoms with Gasteiger partial charge in [0, 0.05) is 17.8 Å². The first-order chi connectivity index (χ1) is 13.6. The van der Waals surface area contributed by atoms with Crippen LogP contribution in [-0.2, 0) is 6.42 Å². The minimum Gasteiger partial charge on any atom is -0.493 e. The van der Waals surface area contributed by atoms with Crippen molar-refractivity contribution in [2.45, 2.75) is 6.42 Å². The van der Waals surface area contributed by atoms with Crippen molar-refractivity contribution in [2.24, 2.45) is 0 Å². The van der Waals surface area contributed by atoms with Crippen molar-refractivity contribution < 1.29 is 14.3 Å². The largest absolute Gasteiger partial charge is 0.493 e. The van der Waals surface area contributed by atoms with Crippen LogP contribution in [0.1, 0.15) is 15.9 Å². The maximum absolute atomic E-state index is 13.4. The number of rotatable bonds is 7. The summed E-state index contributed by atoms with van der Waals surface area (Å²) in [6.07, 6.45) is 0.739. The van der Waals surface area contributed by atoms with E-state index in [4.69, 9.17) is 21.1 Å². The molecule has 0 aromatic heterocycles. The highest BCUT2D eigenvalue weighted by atomic mass is 35.5. The Bertz CT molecular complexity index is 929. The summed E-state index contributed by atoms with van der Waals surface area (Å²) in [5, 5.41) is 0.335. The molecule has 3 rings (SSSR count). The molecular weight excluding hydrogens is 374 g/mol. The van der Waals surface area contributed by atoms with Gasteiger partial charge in [-0.05, 0) is 36.2 Å². The van der Waals surface area contributed by atoms with E-state index in [2.05, 4.69) is 12.1 Å². The molecule has 0 aliphatic rings. The number of carbonyl (C=O) groups excluding carboxylic acids is 1. The van der Waals surface area contributed by atoms with Gasteiger partial charge in [0.2, 0.25) is 0 Å². The summed E-state index contributed by atoms with van der Waals surface area (Å²) in [7, 11) is 3.04. The van der Waals surface area contributed by atoms with Crippen LogP contribution in [0.2, 0.25) is 5.02 Å². The molecule has 0 saturated carbocycles. The molecule has 4 nitrogen and oxygen atoms in total. The molecule has 0 aliphatic carbocycles. The molecule has 0 aliphatic heterocycles. The molecule has 0 spiro atoms. The van der Waals surface area contributed by atoms with Crippen LogP contribution in [0.4, 0.5) is 5.69 Å². The molecule has 0 saturated heterocycles. The smallest absolute Gasteiger partial charge is 0.258 e. The number of hydrogen-bond acceptors (Lipinski definition) is 3. The minimum atomic E-state index is -0.148. The number of ether oxygens (including phenoxy) is 2. The molecule has 5 heteroatoms. The van der Waals surface area contributed by atoms with Crippen molar-refractivity contribution in [3.8, 4) is 11.5 Å². The number of amides is 1. The number of nitrogens with zero attached hydrogens (tertiary/aromatic N) is 1. The molecule has 144 valence electrons. The molecule has 0 N–H and O–H groups in total. The fraction of sp³-hybridized carbons (Fsp3) is 0.174. The van der Waals surface area contributed by atoms with Gasteiger partial charge in [-0.15, -0.1) is 0 Å². The van der Waals surface area contributed by atoms with E-state index in [1.54, 1.807) is 17.0 Å². The lowest BCUT2D eigenvalue weighted by Crippen LogP contribution is -2.33. The molecule has 0 fully saturated rings. The Morgan fingerprint density at radius 2 is 1.57 bits per heavy atom. The lowest BCUT2D eigenvalue weighted by Gasteiger charge is -2.24. The molecule has 3 aromatic rings. The van der Waals surface area contributed by atoms with E-state index in [1.165, 1.54) is 19.8 Å². The van der Waals surface area contributed by atoms with Gasteiger partial charge >= 0.3 is 0 Å². The van der Waals surface area contributed by atoms with Crippen molar-refractivity contribution >= 4 is 23.2 Å². The minimum absolute atomic E-state index is 0.148. The average Bonchev–Trinajstić information content (AvgIpc) is 2.74. The van der Waals surface area contributed by atoms with Crippen molar-refractivity contribution in [3.63, 3.8) is 0 Å². The topological polar surface area (TPSA) is 38.8 Å². The van der Waals surface area contributed by atoms with Crippen LogP contribution in [0.5, 0.6) is 11.5 Å². The third-order valence-electron chi connectivity index (χ3n) is 4.46. The number of halogens is 1. The van der Waals surface area contributed by atoms with Gasteiger partial charge in [-0.25, -0.2) is 0 Å². The van der Waals surface area contributed by atoms with Crippen molar-refractivity contribution in [1.82, 2.24) is 0 Å². The van der Waals surface area contributed by atoms with E-state index < -0.39 is 0 Å². The van der Waals surface area contributed by atoms with Crippen molar-refractivity contribution in [1.29, 1.82) is 0 Å². The molecule has 0 unspecified atom stereocenters. The van der Waals surface area contributed by atoms with Crippen molar-refractivity contribution in [2.75, 3.05) is 25.7 Å². The molecule has 28 heavy (non-hydrogen) atoms. The number of hydrogen-bond donors (Lipinski definition) is 0. The second kappa shape index (κ2) is 9.29. The number of benzene rings is 3. The zero-order chi connectivity index (χ0) is 19.9. The fourth-order valence-electron chi connectivity index (χ4n) is 3.04. The summed E-state index contributed by atoms with van der Waals surface area (Å²) in [5.74, 6) is 0.690. The SMILES string of the molecule is COc1cc(C(=O)N(CCc2ccccc2)c2ccccc2)cc(Cl)c1OC. The molecule has 0 radical (unpaired) electrons. The van der Waals surface area contributed by atoms with Crippen LogP contribution in [0.3, 0.4) is 0 Å². The lowest BCUT2D eigenvalue weighted by atomic mass is 10.1. The van der Waals surface area contributed by atoms with Crippen LogP contribution in [0.25, 0.3) is 0 Å². The fourth-order valence-corrected chi connectivity index (χ4v) is 3.33. The Hall–Kier alpha value is -2.98. The first-order valence-electron chi connectivity index (χ1n) is 8.96. The molecule has 3 aromatic carbocycles. The number of carbonyl (C=O) groups is 1. The second-order valence-corrected chi connectivity index (χ2v) is 6.63. The van der Waals surface area contributed by atoms with Gasteiger partial charge in [0.1, 0.15) is 0 Å². The molecule has 0 heterocycles. The molecule has 0 atom stereocenters. The van der Waals surface area contributed by atoms with Gasteiger partial charge in [0.25, 0.3) is 5.91 Å². The molecule has 1 amide bonds. The van der Waals surface area contributed by atoms with Crippen LogP contribution in [0, 0.1) is 0 Å².